The second-order valence-electron chi connectivity index (χ2n) is 3.96. The van der Waals surface area contributed by atoms with Gasteiger partial charge in [0.1, 0.15) is 5.01 Å². The van der Waals surface area contributed by atoms with Gasteiger partial charge in [0, 0.05) is 11.8 Å². The Morgan fingerprint density at radius 3 is 2.44 bits per heavy atom. The SMILES string of the molecule is CC(C)c1ccc(-c2ncc(C=O)s2)cc1. The molecule has 1 aromatic heterocycles. The maximum atomic E-state index is 10.6. The molecule has 0 bridgehead atoms. The van der Waals surface area contributed by atoms with Gasteiger partial charge in [-0.3, -0.25) is 4.79 Å². The van der Waals surface area contributed by atoms with Crippen molar-refractivity contribution >= 4 is 17.6 Å². The quantitative estimate of drug-likeness (QED) is 0.753. The molecule has 0 fully saturated rings. The number of rotatable bonds is 3. The molecule has 0 unspecified atom stereocenters. The van der Waals surface area contributed by atoms with Gasteiger partial charge in [0.15, 0.2) is 6.29 Å². The van der Waals surface area contributed by atoms with Crippen molar-refractivity contribution in [2.24, 2.45) is 0 Å². The first-order chi connectivity index (χ1) is 7.70. The Balaban J connectivity index is 2.30. The fraction of sp³-hybridized carbons (Fsp3) is 0.231. The van der Waals surface area contributed by atoms with Crippen molar-refractivity contribution in [3.63, 3.8) is 0 Å². The van der Waals surface area contributed by atoms with Crippen molar-refractivity contribution < 1.29 is 4.79 Å². The van der Waals surface area contributed by atoms with Gasteiger partial charge < -0.3 is 0 Å². The third kappa shape index (κ3) is 2.19. The molecule has 0 aliphatic heterocycles. The zero-order chi connectivity index (χ0) is 11.5. The number of thiazole rings is 1. The molecule has 0 saturated heterocycles. The highest BCUT2D eigenvalue weighted by atomic mass is 32.1. The molecule has 0 saturated carbocycles. The van der Waals surface area contributed by atoms with Crippen LogP contribution in [0.2, 0.25) is 0 Å². The predicted octanol–water partition coefficient (Wildman–Crippen LogP) is 3.75. The second-order valence-corrected chi connectivity index (χ2v) is 5.02. The maximum Gasteiger partial charge on any atom is 0.161 e. The normalized spacial score (nSPS) is 10.7. The molecule has 0 radical (unpaired) electrons. The number of aldehydes is 1. The van der Waals surface area contributed by atoms with Crippen LogP contribution in [-0.2, 0) is 0 Å². The molecular weight excluding hydrogens is 218 g/mol. The maximum absolute atomic E-state index is 10.6. The molecule has 0 spiro atoms. The van der Waals surface area contributed by atoms with Crippen LogP contribution in [0.3, 0.4) is 0 Å². The van der Waals surface area contributed by atoms with Gasteiger partial charge in [-0.2, -0.15) is 0 Å². The summed E-state index contributed by atoms with van der Waals surface area (Å²) in [5, 5.41) is 0.900. The molecule has 1 heterocycles. The lowest BCUT2D eigenvalue weighted by molar-refractivity contribution is 0.112. The Hall–Kier alpha value is -1.48. The Labute approximate surface area is 99.0 Å². The fourth-order valence-corrected chi connectivity index (χ4v) is 2.22. The Morgan fingerprint density at radius 2 is 1.94 bits per heavy atom. The van der Waals surface area contributed by atoms with Gasteiger partial charge in [-0.1, -0.05) is 38.1 Å². The molecule has 2 rings (SSSR count). The molecule has 82 valence electrons. The summed E-state index contributed by atoms with van der Waals surface area (Å²) < 4.78 is 0. The number of aromatic nitrogens is 1. The van der Waals surface area contributed by atoms with E-state index in [1.54, 1.807) is 6.20 Å². The zero-order valence-electron chi connectivity index (χ0n) is 9.31. The van der Waals surface area contributed by atoms with Crippen molar-refractivity contribution in [3.8, 4) is 10.6 Å². The van der Waals surface area contributed by atoms with Gasteiger partial charge in [0.2, 0.25) is 0 Å². The molecular formula is C13H13NOS. The summed E-state index contributed by atoms with van der Waals surface area (Å²) >= 11 is 1.42. The summed E-state index contributed by atoms with van der Waals surface area (Å²) in [6, 6.07) is 8.34. The highest BCUT2D eigenvalue weighted by Gasteiger charge is 2.05. The first-order valence-corrected chi connectivity index (χ1v) is 6.03. The average Bonchev–Trinajstić information content (AvgIpc) is 2.77. The molecule has 2 nitrogen and oxygen atoms in total. The van der Waals surface area contributed by atoms with Crippen LogP contribution in [0.15, 0.2) is 30.5 Å². The number of carbonyl (C=O) groups is 1. The van der Waals surface area contributed by atoms with E-state index in [4.69, 9.17) is 0 Å². The lowest BCUT2D eigenvalue weighted by Gasteiger charge is -2.05. The average molecular weight is 231 g/mol. The van der Waals surface area contributed by atoms with E-state index in [1.165, 1.54) is 16.9 Å². The molecule has 3 heteroatoms. The minimum absolute atomic E-state index is 0.538. The highest BCUT2D eigenvalue weighted by molar-refractivity contribution is 7.16. The monoisotopic (exact) mass is 231 g/mol. The third-order valence-electron chi connectivity index (χ3n) is 2.46. The van der Waals surface area contributed by atoms with Gasteiger partial charge in [0.05, 0.1) is 4.88 Å². The third-order valence-corrected chi connectivity index (χ3v) is 3.44. The van der Waals surface area contributed by atoms with E-state index in [0.717, 1.165) is 16.9 Å². The number of benzene rings is 1. The lowest BCUT2D eigenvalue weighted by atomic mass is 10.0. The van der Waals surface area contributed by atoms with E-state index in [2.05, 4.69) is 43.1 Å². The summed E-state index contributed by atoms with van der Waals surface area (Å²) in [5.74, 6) is 0.538. The molecule has 0 aliphatic rings. The molecule has 16 heavy (non-hydrogen) atoms. The Bertz CT molecular complexity index is 485. The van der Waals surface area contributed by atoms with Crippen LogP contribution in [0.4, 0.5) is 0 Å². The van der Waals surface area contributed by atoms with E-state index in [9.17, 15) is 4.79 Å². The van der Waals surface area contributed by atoms with Gasteiger partial charge >= 0.3 is 0 Å². The molecule has 2 aromatic rings. The topological polar surface area (TPSA) is 30.0 Å². The Morgan fingerprint density at radius 1 is 1.25 bits per heavy atom. The highest BCUT2D eigenvalue weighted by Crippen LogP contribution is 2.25. The summed E-state index contributed by atoms with van der Waals surface area (Å²) in [6.07, 6.45) is 2.45. The fourth-order valence-electron chi connectivity index (χ4n) is 1.49. The van der Waals surface area contributed by atoms with Crippen molar-refractivity contribution in [2.45, 2.75) is 19.8 Å². The minimum Gasteiger partial charge on any atom is -0.297 e. The number of hydrogen-bond acceptors (Lipinski definition) is 3. The van der Waals surface area contributed by atoms with E-state index in [0.29, 0.717) is 10.8 Å². The van der Waals surface area contributed by atoms with Crippen molar-refractivity contribution in [1.82, 2.24) is 4.98 Å². The summed E-state index contributed by atoms with van der Waals surface area (Å²) in [4.78, 5) is 15.5. The van der Waals surface area contributed by atoms with Gasteiger partial charge in [-0.05, 0) is 11.5 Å². The first-order valence-electron chi connectivity index (χ1n) is 5.22. The standard InChI is InChI=1S/C13H13NOS/c1-9(2)10-3-5-11(6-4-10)13-14-7-12(8-15)16-13/h3-9H,1-2H3. The summed E-state index contributed by atoms with van der Waals surface area (Å²) in [6.45, 7) is 4.34. The molecule has 0 atom stereocenters. The number of nitrogens with zero attached hydrogens (tertiary/aromatic N) is 1. The van der Waals surface area contributed by atoms with E-state index < -0.39 is 0 Å². The van der Waals surface area contributed by atoms with Crippen molar-refractivity contribution in [3.05, 3.63) is 40.9 Å². The molecule has 0 amide bonds. The van der Waals surface area contributed by atoms with E-state index in [1.807, 2.05) is 0 Å². The van der Waals surface area contributed by atoms with Crippen LogP contribution >= 0.6 is 11.3 Å². The molecule has 0 N–H and O–H groups in total. The van der Waals surface area contributed by atoms with Crippen LogP contribution in [0, 0.1) is 0 Å². The smallest absolute Gasteiger partial charge is 0.161 e. The van der Waals surface area contributed by atoms with Crippen molar-refractivity contribution in [2.75, 3.05) is 0 Å². The summed E-state index contributed by atoms with van der Waals surface area (Å²) in [7, 11) is 0. The van der Waals surface area contributed by atoms with Gasteiger partial charge in [0.25, 0.3) is 0 Å². The van der Waals surface area contributed by atoms with Crippen LogP contribution < -0.4 is 0 Å². The predicted molar refractivity (Wildman–Crippen MR) is 67.0 cm³/mol. The first kappa shape index (κ1) is 11.0. The molecule has 0 aliphatic carbocycles. The van der Waals surface area contributed by atoms with Crippen molar-refractivity contribution in [1.29, 1.82) is 0 Å². The number of hydrogen-bond donors (Lipinski definition) is 0. The van der Waals surface area contributed by atoms with Crippen LogP contribution in [0.25, 0.3) is 10.6 Å². The second kappa shape index (κ2) is 4.58. The minimum atomic E-state index is 0.538. The van der Waals surface area contributed by atoms with E-state index >= 15 is 0 Å². The lowest BCUT2D eigenvalue weighted by Crippen LogP contribution is -1.86. The molecule has 1 aromatic carbocycles. The van der Waals surface area contributed by atoms with Gasteiger partial charge in [-0.25, -0.2) is 4.98 Å². The van der Waals surface area contributed by atoms with Gasteiger partial charge in [-0.15, -0.1) is 11.3 Å². The Kier molecular flexibility index (Phi) is 3.15. The summed E-state index contributed by atoms with van der Waals surface area (Å²) in [5.41, 5.74) is 2.39. The number of carbonyl (C=O) groups excluding carboxylic acids is 1. The largest absolute Gasteiger partial charge is 0.297 e. The zero-order valence-corrected chi connectivity index (χ0v) is 10.1. The van der Waals surface area contributed by atoms with Crippen LogP contribution in [0.5, 0.6) is 0 Å². The van der Waals surface area contributed by atoms with Crippen LogP contribution in [0.1, 0.15) is 35.0 Å². The van der Waals surface area contributed by atoms with E-state index in [-0.39, 0.29) is 0 Å². The van der Waals surface area contributed by atoms with Crippen LogP contribution in [-0.4, -0.2) is 11.3 Å².